The van der Waals surface area contributed by atoms with Crippen molar-refractivity contribution in [2.75, 3.05) is 0 Å². The van der Waals surface area contributed by atoms with Gasteiger partial charge in [-0.05, 0) is 0 Å². The molecule has 0 saturated carbocycles. The lowest BCUT2D eigenvalue weighted by Gasteiger charge is -1.82. The number of nitrogens with two attached hydrogens (primary N) is 2. The summed E-state index contributed by atoms with van der Waals surface area (Å²) in [4.78, 5) is 19.5. The van der Waals surface area contributed by atoms with Gasteiger partial charge in [-0.15, -0.1) is 0 Å². The van der Waals surface area contributed by atoms with Crippen molar-refractivity contribution >= 4 is 11.8 Å². The molecule has 0 bridgehead atoms. The standard InChI is InChI=1S/C3H6N2O2.C2H6/c4-2(6)1-3(5)7;1-2/h1H2,(H2,4,6)(H2,5,7);1-2H3. The predicted molar refractivity (Wildman–Crippen MR) is 34.4 cm³/mol. The predicted octanol–water partition coefficient (Wildman–Crippen LogP) is -0.627. The van der Waals surface area contributed by atoms with Crippen LogP contribution in [-0.4, -0.2) is 11.8 Å². The number of hydrogen-bond acceptors (Lipinski definition) is 2. The van der Waals surface area contributed by atoms with Gasteiger partial charge in [0, 0.05) is 0 Å². The Morgan fingerprint density at radius 3 is 1.33 bits per heavy atom. The van der Waals surface area contributed by atoms with E-state index in [-0.39, 0.29) is 6.42 Å². The van der Waals surface area contributed by atoms with Gasteiger partial charge in [-0.3, -0.25) is 9.59 Å². The highest BCUT2D eigenvalue weighted by Crippen LogP contribution is 1.68. The second-order valence-corrected chi connectivity index (χ2v) is 1.11. The van der Waals surface area contributed by atoms with E-state index in [0.717, 1.165) is 0 Å². The molecule has 0 aliphatic heterocycles. The smallest absolute Gasteiger partial charge is 0.226 e. The lowest BCUT2D eigenvalue weighted by Crippen LogP contribution is -2.21. The van der Waals surface area contributed by atoms with Crippen LogP contribution in [0.3, 0.4) is 0 Å². The first-order valence-corrected chi connectivity index (χ1v) is 2.69. The Balaban J connectivity index is 0. The molecule has 4 N–H and O–H groups in total. The van der Waals surface area contributed by atoms with Crippen LogP contribution in [0.15, 0.2) is 0 Å². The van der Waals surface area contributed by atoms with Crippen molar-refractivity contribution in [2.45, 2.75) is 20.3 Å². The van der Waals surface area contributed by atoms with Crippen molar-refractivity contribution in [2.24, 2.45) is 11.5 Å². The Hall–Kier alpha value is -1.06. The largest absolute Gasteiger partial charge is 0.369 e. The first-order valence-electron chi connectivity index (χ1n) is 2.69. The summed E-state index contributed by atoms with van der Waals surface area (Å²) in [6.07, 6.45) is -0.361. The summed E-state index contributed by atoms with van der Waals surface area (Å²) in [5.41, 5.74) is 9.11. The molecule has 0 aromatic heterocycles. The molecule has 0 aromatic carbocycles. The van der Waals surface area contributed by atoms with Crippen LogP contribution in [0.5, 0.6) is 0 Å². The number of hydrogen-bond donors (Lipinski definition) is 2. The minimum Gasteiger partial charge on any atom is -0.369 e. The fourth-order valence-corrected chi connectivity index (χ4v) is 0.172. The zero-order valence-corrected chi connectivity index (χ0v) is 5.68. The molecule has 0 radical (unpaired) electrons. The summed E-state index contributed by atoms with van der Waals surface area (Å²) in [7, 11) is 0. The zero-order chi connectivity index (χ0) is 7.86. The van der Waals surface area contributed by atoms with E-state index < -0.39 is 11.8 Å². The Morgan fingerprint density at radius 2 is 1.33 bits per heavy atom. The average Bonchev–Trinajstić information content (AvgIpc) is 1.68. The fraction of sp³-hybridized carbons (Fsp3) is 0.600. The Bertz CT molecular complexity index is 89.1. The van der Waals surface area contributed by atoms with Gasteiger partial charge in [-0.25, -0.2) is 0 Å². The zero-order valence-electron chi connectivity index (χ0n) is 5.68. The summed E-state index contributed by atoms with van der Waals surface area (Å²) in [6.45, 7) is 4.00. The van der Waals surface area contributed by atoms with Crippen molar-refractivity contribution in [1.29, 1.82) is 0 Å². The van der Waals surface area contributed by atoms with E-state index in [1.165, 1.54) is 0 Å². The van der Waals surface area contributed by atoms with Crippen LogP contribution < -0.4 is 11.5 Å². The van der Waals surface area contributed by atoms with Crippen molar-refractivity contribution in [3.8, 4) is 0 Å². The normalized spacial score (nSPS) is 6.89. The van der Waals surface area contributed by atoms with E-state index in [1.54, 1.807) is 0 Å². The Kier molecular flexibility index (Phi) is 8.36. The van der Waals surface area contributed by atoms with Crippen molar-refractivity contribution in [1.82, 2.24) is 0 Å². The molecule has 0 fully saturated rings. The molecular weight excluding hydrogens is 120 g/mol. The number of carbonyl (C=O) groups excluding carboxylic acids is 2. The molecule has 0 spiro atoms. The summed E-state index contributed by atoms with van der Waals surface area (Å²) < 4.78 is 0. The second-order valence-electron chi connectivity index (χ2n) is 1.11. The molecule has 0 aliphatic rings. The maximum Gasteiger partial charge on any atom is 0.226 e. The summed E-state index contributed by atoms with van der Waals surface area (Å²) in [6, 6.07) is 0. The molecule has 54 valence electrons. The third-order valence-corrected chi connectivity index (χ3v) is 0.348. The molecule has 0 unspecified atom stereocenters. The molecule has 0 saturated heterocycles. The van der Waals surface area contributed by atoms with Crippen LogP contribution in [0, 0.1) is 0 Å². The molecule has 0 rings (SSSR count). The molecule has 4 nitrogen and oxygen atoms in total. The van der Waals surface area contributed by atoms with Gasteiger partial charge < -0.3 is 11.5 Å². The van der Waals surface area contributed by atoms with Gasteiger partial charge in [0.1, 0.15) is 6.42 Å². The fourth-order valence-electron chi connectivity index (χ4n) is 0.172. The third kappa shape index (κ3) is 19.6. The molecule has 0 aliphatic carbocycles. The molecule has 0 aromatic rings. The monoisotopic (exact) mass is 132 g/mol. The average molecular weight is 132 g/mol. The van der Waals surface area contributed by atoms with Crippen LogP contribution in [-0.2, 0) is 9.59 Å². The topological polar surface area (TPSA) is 86.2 Å². The highest BCUT2D eigenvalue weighted by atomic mass is 16.2. The van der Waals surface area contributed by atoms with E-state index in [9.17, 15) is 9.59 Å². The van der Waals surface area contributed by atoms with E-state index in [1.807, 2.05) is 13.8 Å². The van der Waals surface area contributed by atoms with E-state index in [4.69, 9.17) is 0 Å². The van der Waals surface area contributed by atoms with Gasteiger partial charge in [0.05, 0.1) is 0 Å². The van der Waals surface area contributed by atoms with Gasteiger partial charge in [-0.2, -0.15) is 0 Å². The van der Waals surface area contributed by atoms with Crippen LogP contribution >= 0.6 is 0 Å². The maximum absolute atomic E-state index is 9.73. The Morgan fingerprint density at radius 1 is 1.11 bits per heavy atom. The van der Waals surface area contributed by atoms with Gasteiger partial charge in [-0.1, -0.05) is 13.8 Å². The third-order valence-electron chi connectivity index (χ3n) is 0.348. The quantitative estimate of drug-likeness (QED) is 0.490. The minimum absolute atomic E-state index is 0.361. The van der Waals surface area contributed by atoms with Crippen LogP contribution in [0.4, 0.5) is 0 Å². The Labute approximate surface area is 54.2 Å². The molecule has 0 atom stereocenters. The van der Waals surface area contributed by atoms with Crippen LogP contribution in [0.1, 0.15) is 20.3 Å². The van der Waals surface area contributed by atoms with Gasteiger partial charge >= 0.3 is 0 Å². The van der Waals surface area contributed by atoms with E-state index >= 15 is 0 Å². The van der Waals surface area contributed by atoms with E-state index in [2.05, 4.69) is 11.5 Å². The van der Waals surface area contributed by atoms with Crippen LogP contribution in [0.25, 0.3) is 0 Å². The first kappa shape index (κ1) is 10.8. The first-order chi connectivity index (χ1) is 4.13. The van der Waals surface area contributed by atoms with Crippen molar-refractivity contribution in [3.63, 3.8) is 0 Å². The number of carbonyl (C=O) groups is 2. The molecule has 9 heavy (non-hydrogen) atoms. The molecule has 0 heterocycles. The SMILES string of the molecule is CC.NC(=O)CC(N)=O. The van der Waals surface area contributed by atoms with Gasteiger partial charge in [0.2, 0.25) is 11.8 Å². The highest BCUT2D eigenvalue weighted by molar-refractivity contribution is 5.95. The van der Waals surface area contributed by atoms with Gasteiger partial charge in [0.15, 0.2) is 0 Å². The lowest BCUT2D eigenvalue weighted by molar-refractivity contribution is -0.125. The number of rotatable bonds is 2. The van der Waals surface area contributed by atoms with Crippen LogP contribution in [0.2, 0.25) is 0 Å². The molecule has 2 amide bonds. The minimum atomic E-state index is -0.687. The second kappa shape index (κ2) is 6.94. The lowest BCUT2D eigenvalue weighted by atomic mass is 10.4. The van der Waals surface area contributed by atoms with Crippen molar-refractivity contribution in [3.05, 3.63) is 0 Å². The summed E-state index contributed by atoms with van der Waals surface area (Å²) in [5.74, 6) is -1.37. The molecule has 4 heteroatoms. The summed E-state index contributed by atoms with van der Waals surface area (Å²) in [5, 5.41) is 0. The highest BCUT2D eigenvalue weighted by Gasteiger charge is 1.96. The number of amides is 2. The molecular formula is C5H12N2O2. The van der Waals surface area contributed by atoms with E-state index in [0.29, 0.717) is 0 Å². The number of primary amides is 2. The van der Waals surface area contributed by atoms with Gasteiger partial charge in [0.25, 0.3) is 0 Å². The maximum atomic E-state index is 9.73. The summed E-state index contributed by atoms with van der Waals surface area (Å²) >= 11 is 0. The van der Waals surface area contributed by atoms with Crippen molar-refractivity contribution < 1.29 is 9.59 Å².